The minimum atomic E-state index is 1.13. The normalized spacial score (nSPS) is 11.7. The van der Waals surface area contributed by atoms with Gasteiger partial charge in [-0.2, -0.15) is 0 Å². The van der Waals surface area contributed by atoms with Crippen LogP contribution in [0.15, 0.2) is 176 Å². The second-order valence-electron chi connectivity index (χ2n) is 12.5. The molecule has 0 aliphatic rings. The summed E-state index contributed by atoms with van der Waals surface area (Å²) in [5.74, 6) is 0. The fourth-order valence-electron chi connectivity index (χ4n) is 7.34. The average Bonchev–Trinajstić information content (AvgIpc) is 3.75. The van der Waals surface area contributed by atoms with Crippen molar-refractivity contribution in [1.29, 1.82) is 0 Å². The molecule has 0 N–H and O–H groups in total. The van der Waals surface area contributed by atoms with Crippen molar-refractivity contribution in [2.24, 2.45) is 0 Å². The van der Waals surface area contributed by atoms with E-state index in [1.165, 1.54) is 79.1 Å². The Morgan fingerprint density at radius 3 is 1.43 bits per heavy atom. The second-order valence-corrected chi connectivity index (χ2v) is 14.6. The third kappa shape index (κ3) is 4.66. The van der Waals surface area contributed by atoms with E-state index in [1.54, 1.807) is 0 Å². The smallest absolute Gasteiger partial charge is 0.0640 e. The molecule has 0 atom stereocenters. The number of rotatable bonds is 5. The summed E-state index contributed by atoms with van der Waals surface area (Å²) in [4.78, 5) is 2.43. The molecule has 0 saturated carbocycles. The second kappa shape index (κ2) is 11.5. The van der Waals surface area contributed by atoms with E-state index in [2.05, 4.69) is 181 Å². The van der Waals surface area contributed by atoms with Crippen LogP contribution in [0.3, 0.4) is 0 Å². The SMILES string of the molecule is c1ccc(-c2ccc(N(c3ccc(-c4ccccc4)cc3)c3cccc4c3sc3ccc5sc6c7ccccc7ccc6c5c34)cc2)cc1. The summed E-state index contributed by atoms with van der Waals surface area (Å²) in [6, 6.07) is 64.1. The lowest BCUT2D eigenvalue weighted by Crippen LogP contribution is -2.10. The molecule has 0 aliphatic carbocycles. The van der Waals surface area contributed by atoms with Gasteiger partial charge in [-0.05, 0) is 75.5 Å². The third-order valence-corrected chi connectivity index (χ3v) is 12.1. The van der Waals surface area contributed by atoms with Crippen molar-refractivity contribution in [2.75, 3.05) is 4.90 Å². The van der Waals surface area contributed by atoms with Gasteiger partial charge in [-0.1, -0.05) is 133 Å². The lowest BCUT2D eigenvalue weighted by atomic mass is 10.0. The summed E-state index contributed by atoms with van der Waals surface area (Å²) in [7, 11) is 0. The predicted octanol–water partition coefficient (Wildman–Crippen LogP) is 14.4. The van der Waals surface area contributed by atoms with Crippen LogP contribution in [0.2, 0.25) is 0 Å². The van der Waals surface area contributed by atoms with E-state index in [4.69, 9.17) is 0 Å². The van der Waals surface area contributed by atoms with Crippen LogP contribution in [-0.2, 0) is 0 Å². The summed E-state index contributed by atoms with van der Waals surface area (Å²) in [5.41, 5.74) is 8.32. The summed E-state index contributed by atoms with van der Waals surface area (Å²) in [6.07, 6.45) is 0. The number of benzene rings is 8. The number of nitrogens with zero attached hydrogens (tertiary/aromatic N) is 1. The van der Waals surface area contributed by atoms with Gasteiger partial charge in [-0.25, -0.2) is 0 Å². The Labute approximate surface area is 292 Å². The number of anilines is 3. The van der Waals surface area contributed by atoms with Crippen LogP contribution >= 0.6 is 22.7 Å². The first kappa shape index (κ1) is 28.3. The van der Waals surface area contributed by atoms with E-state index in [-0.39, 0.29) is 0 Å². The molecule has 49 heavy (non-hydrogen) atoms. The van der Waals surface area contributed by atoms with Gasteiger partial charge in [-0.15, -0.1) is 22.7 Å². The van der Waals surface area contributed by atoms with Crippen molar-refractivity contribution in [3.8, 4) is 22.3 Å². The Kier molecular flexibility index (Phi) is 6.61. The molecule has 0 unspecified atom stereocenters. The lowest BCUT2D eigenvalue weighted by Gasteiger charge is -2.26. The van der Waals surface area contributed by atoms with E-state index >= 15 is 0 Å². The minimum absolute atomic E-state index is 1.13. The van der Waals surface area contributed by atoms with Gasteiger partial charge < -0.3 is 4.90 Å². The number of fused-ring (bicyclic) bond motifs is 9. The van der Waals surface area contributed by atoms with E-state index in [9.17, 15) is 0 Å². The van der Waals surface area contributed by atoms with Crippen molar-refractivity contribution in [1.82, 2.24) is 0 Å². The van der Waals surface area contributed by atoms with Gasteiger partial charge in [0.15, 0.2) is 0 Å². The van der Waals surface area contributed by atoms with Crippen LogP contribution in [0.1, 0.15) is 0 Å². The van der Waals surface area contributed by atoms with E-state index < -0.39 is 0 Å². The quantitative estimate of drug-likeness (QED) is 0.178. The monoisotopic (exact) mass is 659 g/mol. The molecular formula is C46H29NS2. The highest BCUT2D eigenvalue weighted by Gasteiger charge is 2.21. The highest BCUT2D eigenvalue weighted by Crippen LogP contribution is 2.50. The zero-order valence-electron chi connectivity index (χ0n) is 26.5. The van der Waals surface area contributed by atoms with Crippen LogP contribution in [0, 0.1) is 0 Å². The molecule has 0 saturated heterocycles. The first-order valence-corrected chi connectivity index (χ1v) is 18.2. The molecule has 0 bridgehead atoms. The first-order chi connectivity index (χ1) is 24.3. The summed E-state index contributed by atoms with van der Waals surface area (Å²) in [6.45, 7) is 0. The molecule has 0 spiro atoms. The van der Waals surface area contributed by atoms with Crippen molar-refractivity contribution < 1.29 is 0 Å². The molecule has 1 nitrogen and oxygen atoms in total. The van der Waals surface area contributed by atoms with Crippen LogP contribution in [0.4, 0.5) is 17.1 Å². The number of hydrogen-bond acceptors (Lipinski definition) is 3. The Bertz CT molecular complexity index is 2710. The van der Waals surface area contributed by atoms with Gasteiger partial charge in [0.05, 0.1) is 10.4 Å². The van der Waals surface area contributed by atoms with Crippen molar-refractivity contribution in [2.45, 2.75) is 0 Å². The maximum Gasteiger partial charge on any atom is 0.0640 e. The molecule has 0 aliphatic heterocycles. The maximum atomic E-state index is 2.43. The van der Waals surface area contributed by atoms with Gasteiger partial charge in [0.1, 0.15) is 0 Å². The largest absolute Gasteiger partial charge is 0.309 e. The highest BCUT2D eigenvalue weighted by molar-refractivity contribution is 7.28. The number of hydrogen-bond donors (Lipinski definition) is 0. The van der Waals surface area contributed by atoms with E-state index in [1.807, 2.05) is 22.7 Å². The topological polar surface area (TPSA) is 3.24 Å². The fraction of sp³-hybridized carbons (Fsp3) is 0. The first-order valence-electron chi connectivity index (χ1n) is 16.6. The van der Waals surface area contributed by atoms with Gasteiger partial charge >= 0.3 is 0 Å². The van der Waals surface area contributed by atoms with Crippen LogP contribution in [0.5, 0.6) is 0 Å². The molecule has 8 aromatic carbocycles. The van der Waals surface area contributed by atoms with Crippen molar-refractivity contribution in [3.05, 3.63) is 176 Å². The van der Waals surface area contributed by atoms with E-state index in [0.717, 1.165) is 11.4 Å². The third-order valence-electron chi connectivity index (χ3n) is 9.67. The molecule has 0 fully saturated rings. The molecule has 0 amide bonds. The van der Waals surface area contributed by atoms with Crippen molar-refractivity contribution in [3.63, 3.8) is 0 Å². The average molecular weight is 660 g/mol. The summed E-state index contributed by atoms with van der Waals surface area (Å²) in [5, 5.41) is 8.01. The molecule has 0 radical (unpaired) electrons. The van der Waals surface area contributed by atoms with Crippen LogP contribution in [0.25, 0.3) is 73.4 Å². The van der Waals surface area contributed by atoms with E-state index in [0.29, 0.717) is 0 Å². The molecule has 3 heteroatoms. The van der Waals surface area contributed by atoms with Gasteiger partial charge in [0.2, 0.25) is 0 Å². The standard InChI is InChI=1S/C46H29NS2/c1-3-10-30(11-4-1)32-18-23-35(24-19-32)47(36-25-20-33(21-26-36)31-12-5-2-6-13-31)40-17-9-16-38-43-42(49-46(38)40)29-28-41-44(43)39-27-22-34-14-7-8-15-37(34)45(39)48-41/h1-29H. The Morgan fingerprint density at radius 1 is 0.327 bits per heavy atom. The minimum Gasteiger partial charge on any atom is -0.309 e. The summed E-state index contributed by atoms with van der Waals surface area (Å²) >= 11 is 3.81. The molecule has 230 valence electrons. The zero-order valence-corrected chi connectivity index (χ0v) is 28.1. The van der Waals surface area contributed by atoms with Gasteiger partial charge in [0.25, 0.3) is 0 Å². The molecule has 2 aromatic heterocycles. The van der Waals surface area contributed by atoms with Crippen LogP contribution in [-0.4, -0.2) is 0 Å². The maximum absolute atomic E-state index is 2.43. The van der Waals surface area contributed by atoms with Gasteiger partial charge in [0, 0.05) is 47.0 Å². The fourth-order valence-corrected chi connectivity index (χ4v) is 9.80. The Morgan fingerprint density at radius 2 is 0.816 bits per heavy atom. The Hall–Kier alpha value is -5.74. The molecule has 2 heterocycles. The molecule has 10 aromatic rings. The van der Waals surface area contributed by atoms with Gasteiger partial charge in [-0.3, -0.25) is 0 Å². The lowest BCUT2D eigenvalue weighted by molar-refractivity contribution is 1.30. The number of thiophene rings is 2. The Balaban J connectivity index is 1.19. The molecule has 10 rings (SSSR count). The summed E-state index contributed by atoms with van der Waals surface area (Å²) < 4.78 is 5.33. The molecular weight excluding hydrogens is 631 g/mol. The van der Waals surface area contributed by atoms with Crippen LogP contribution < -0.4 is 4.90 Å². The van der Waals surface area contributed by atoms with Crippen molar-refractivity contribution >= 4 is 90.9 Å². The highest BCUT2D eigenvalue weighted by atomic mass is 32.1. The predicted molar refractivity (Wildman–Crippen MR) is 215 cm³/mol. The zero-order chi connectivity index (χ0) is 32.3.